The second-order valence-electron chi connectivity index (χ2n) is 3.91. The number of likely N-dealkylation sites (N-methyl/N-ethyl adjacent to an activating group) is 1. The average molecular weight is 234 g/mol. The van der Waals surface area contributed by atoms with E-state index in [1.165, 1.54) is 0 Å². The third-order valence-electron chi connectivity index (χ3n) is 2.74. The van der Waals surface area contributed by atoms with Crippen LogP contribution >= 0.6 is 0 Å². The molecule has 0 fully saturated rings. The fraction of sp³-hybridized carbons (Fsp3) is 0.417. The van der Waals surface area contributed by atoms with Gasteiger partial charge >= 0.3 is 0 Å². The molecular weight excluding hydrogens is 216 g/mol. The zero-order chi connectivity index (χ0) is 12.3. The lowest BCUT2D eigenvalue weighted by molar-refractivity contribution is 0.205. The molecule has 0 saturated heterocycles. The number of hydrogen-bond donors (Lipinski definition) is 2. The van der Waals surface area contributed by atoms with Crippen LogP contribution in [0.1, 0.15) is 6.92 Å². The van der Waals surface area contributed by atoms with Gasteiger partial charge in [0.15, 0.2) is 0 Å². The van der Waals surface area contributed by atoms with Crippen LogP contribution in [-0.2, 0) is 4.74 Å². The van der Waals surface area contributed by atoms with Crippen LogP contribution in [0.3, 0.4) is 0 Å². The minimum absolute atomic E-state index is 0.688. The van der Waals surface area contributed by atoms with Crippen molar-refractivity contribution < 1.29 is 4.74 Å². The molecule has 0 radical (unpaired) electrons. The van der Waals surface area contributed by atoms with Gasteiger partial charge in [0.2, 0.25) is 5.95 Å². The van der Waals surface area contributed by atoms with Crippen molar-refractivity contribution >= 4 is 22.7 Å². The lowest BCUT2D eigenvalue weighted by Crippen LogP contribution is -2.27. The maximum Gasteiger partial charge on any atom is 0.203 e. The van der Waals surface area contributed by atoms with Gasteiger partial charge in [0.1, 0.15) is 0 Å². The summed E-state index contributed by atoms with van der Waals surface area (Å²) in [6, 6.07) is 5.68. The number of methoxy groups -OCH3 is 1. The Labute approximate surface area is 101 Å². The van der Waals surface area contributed by atoms with Gasteiger partial charge in [-0.25, -0.2) is 4.98 Å². The van der Waals surface area contributed by atoms with Crippen molar-refractivity contribution in [2.45, 2.75) is 6.92 Å². The molecule has 2 aromatic rings. The first kappa shape index (κ1) is 11.7. The van der Waals surface area contributed by atoms with E-state index in [0.717, 1.165) is 35.8 Å². The predicted molar refractivity (Wildman–Crippen MR) is 70.3 cm³/mol. The second-order valence-corrected chi connectivity index (χ2v) is 3.91. The van der Waals surface area contributed by atoms with Crippen molar-refractivity contribution in [2.24, 2.45) is 0 Å². The smallest absolute Gasteiger partial charge is 0.203 e. The number of aromatic nitrogens is 2. The summed E-state index contributed by atoms with van der Waals surface area (Å²) in [6.07, 6.45) is 0. The number of fused-ring (bicyclic) bond motifs is 1. The van der Waals surface area contributed by atoms with Crippen LogP contribution in [0.5, 0.6) is 0 Å². The van der Waals surface area contributed by atoms with Gasteiger partial charge in [-0.05, 0) is 25.1 Å². The third kappa shape index (κ3) is 2.50. The largest absolute Gasteiger partial charge is 0.399 e. The van der Waals surface area contributed by atoms with Crippen LogP contribution in [0, 0.1) is 0 Å². The van der Waals surface area contributed by atoms with E-state index in [2.05, 4.69) is 21.8 Å². The van der Waals surface area contributed by atoms with E-state index in [-0.39, 0.29) is 0 Å². The molecule has 1 aromatic carbocycles. The Morgan fingerprint density at radius 1 is 1.47 bits per heavy atom. The molecule has 0 bridgehead atoms. The molecule has 0 saturated carbocycles. The lowest BCUT2D eigenvalue weighted by Gasteiger charge is -2.18. The Morgan fingerprint density at radius 3 is 3.00 bits per heavy atom. The van der Waals surface area contributed by atoms with Gasteiger partial charge in [-0.3, -0.25) is 0 Å². The van der Waals surface area contributed by atoms with Crippen molar-refractivity contribution in [3.05, 3.63) is 18.2 Å². The van der Waals surface area contributed by atoms with Gasteiger partial charge in [0, 0.05) is 25.9 Å². The number of nitrogens with zero attached hydrogens (tertiary/aromatic N) is 2. The fourth-order valence-corrected chi connectivity index (χ4v) is 1.78. The van der Waals surface area contributed by atoms with Gasteiger partial charge in [-0.1, -0.05) is 0 Å². The van der Waals surface area contributed by atoms with Crippen LogP contribution in [0.2, 0.25) is 0 Å². The topological polar surface area (TPSA) is 67.2 Å². The van der Waals surface area contributed by atoms with Crippen LogP contribution < -0.4 is 10.6 Å². The molecule has 5 nitrogen and oxygen atoms in total. The summed E-state index contributed by atoms with van der Waals surface area (Å²) >= 11 is 0. The van der Waals surface area contributed by atoms with E-state index in [4.69, 9.17) is 10.5 Å². The lowest BCUT2D eigenvalue weighted by atomic mass is 10.3. The number of aromatic amines is 1. The number of nitrogen functional groups attached to an aromatic ring is 1. The SMILES string of the molecule is CCN(CCOC)c1nc2ccc(N)cc2[nH]1. The number of imidazole rings is 1. The molecule has 0 amide bonds. The Kier molecular flexibility index (Phi) is 3.49. The predicted octanol–water partition coefficient (Wildman–Crippen LogP) is 1.62. The molecular formula is C12H18N4O. The maximum atomic E-state index is 5.74. The molecule has 0 aliphatic rings. The highest BCUT2D eigenvalue weighted by Gasteiger charge is 2.09. The number of rotatable bonds is 5. The first-order valence-electron chi connectivity index (χ1n) is 5.73. The highest BCUT2D eigenvalue weighted by Crippen LogP contribution is 2.19. The monoisotopic (exact) mass is 234 g/mol. The van der Waals surface area contributed by atoms with Gasteiger partial charge in [-0.2, -0.15) is 0 Å². The molecule has 1 aromatic heterocycles. The van der Waals surface area contributed by atoms with Gasteiger partial charge in [0.25, 0.3) is 0 Å². The number of nitrogens with one attached hydrogen (secondary N) is 1. The first-order valence-corrected chi connectivity index (χ1v) is 5.73. The number of nitrogens with two attached hydrogens (primary N) is 1. The molecule has 0 unspecified atom stereocenters. The summed E-state index contributed by atoms with van der Waals surface area (Å²) in [5.41, 5.74) is 8.39. The van der Waals surface area contributed by atoms with E-state index in [1.807, 2.05) is 18.2 Å². The Hall–Kier alpha value is -1.75. The van der Waals surface area contributed by atoms with Crippen LogP contribution in [0.25, 0.3) is 11.0 Å². The quantitative estimate of drug-likeness (QED) is 0.771. The number of benzene rings is 1. The summed E-state index contributed by atoms with van der Waals surface area (Å²) in [5, 5.41) is 0. The number of hydrogen-bond acceptors (Lipinski definition) is 4. The summed E-state index contributed by atoms with van der Waals surface area (Å²) in [6.45, 7) is 4.49. The standard InChI is InChI=1S/C12H18N4O/c1-3-16(6-7-17-2)12-14-10-5-4-9(13)8-11(10)15-12/h4-5,8H,3,6-7,13H2,1-2H3,(H,14,15). The van der Waals surface area contributed by atoms with Crippen molar-refractivity contribution in [1.29, 1.82) is 0 Å². The molecule has 0 spiro atoms. The molecule has 3 N–H and O–H groups in total. The summed E-state index contributed by atoms with van der Waals surface area (Å²) < 4.78 is 5.09. The molecule has 92 valence electrons. The minimum Gasteiger partial charge on any atom is -0.399 e. The normalized spacial score (nSPS) is 10.9. The summed E-state index contributed by atoms with van der Waals surface area (Å²) in [4.78, 5) is 9.95. The summed E-state index contributed by atoms with van der Waals surface area (Å²) in [7, 11) is 1.70. The van der Waals surface area contributed by atoms with Crippen LogP contribution in [-0.4, -0.2) is 36.8 Å². The molecule has 17 heavy (non-hydrogen) atoms. The molecule has 2 rings (SSSR count). The Balaban J connectivity index is 2.27. The van der Waals surface area contributed by atoms with Gasteiger partial charge < -0.3 is 20.4 Å². The van der Waals surface area contributed by atoms with Crippen molar-refractivity contribution in [3.8, 4) is 0 Å². The fourth-order valence-electron chi connectivity index (χ4n) is 1.78. The van der Waals surface area contributed by atoms with Gasteiger partial charge in [0.05, 0.1) is 17.6 Å². The maximum absolute atomic E-state index is 5.74. The molecule has 0 aliphatic heterocycles. The second kappa shape index (κ2) is 5.05. The molecule has 0 atom stereocenters. The van der Waals surface area contributed by atoms with Crippen molar-refractivity contribution in [2.75, 3.05) is 37.4 Å². The van der Waals surface area contributed by atoms with E-state index in [1.54, 1.807) is 7.11 Å². The molecule has 0 aliphatic carbocycles. The van der Waals surface area contributed by atoms with Crippen LogP contribution in [0.4, 0.5) is 11.6 Å². The van der Waals surface area contributed by atoms with E-state index in [0.29, 0.717) is 6.61 Å². The highest BCUT2D eigenvalue weighted by atomic mass is 16.5. The van der Waals surface area contributed by atoms with Crippen molar-refractivity contribution in [1.82, 2.24) is 9.97 Å². The first-order chi connectivity index (χ1) is 8.24. The minimum atomic E-state index is 0.688. The summed E-state index contributed by atoms with van der Waals surface area (Å²) in [5.74, 6) is 0.866. The highest BCUT2D eigenvalue weighted by molar-refractivity contribution is 5.80. The van der Waals surface area contributed by atoms with Gasteiger partial charge in [-0.15, -0.1) is 0 Å². The average Bonchev–Trinajstić information content (AvgIpc) is 2.72. The molecule has 5 heteroatoms. The van der Waals surface area contributed by atoms with Crippen LogP contribution in [0.15, 0.2) is 18.2 Å². The molecule has 1 heterocycles. The zero-order valence-corrected chi connectivity index (χ0v) is 10.2. The number of ether oxygens (including phenoxy) is 1. The van der Waals surface area contributed by atoms with E-state index >= 15 is 0 Å². The number of anilines is 2. The zero-order valence-electron chi connectivity index (χ0n) is 10.2. The van der Waals surface area contributed by atoms with E-state index < -0.39 is 0 Å². The van der Waals surface area contributed by atoms with E-state index in [9.17, 15) is 0 Å². The number of H-pyrrole nitrogens is 1. The van der Waals surface area contributed by atoms with Crippen molar-refractivity contribution in [3.63, 3.8) is 0 Å². The Bertz CT molecular complexity index is 494. The Morgan fingerprint density at radius 2 is 2.29 bits per heavy atom. The third-order valence-corrected chi connectivity index (χ3v) is 2.74.